The molecule has 0 saturated carbocycles. The Bertz CT molecular complexity index is 999. The van der Waals surface area contributed by atoms with Crippen LogP contribution in [0.15, 0.2) is 54.6 Å². The molecule has 3 aromatic carbocycles. The smallest absolute Gasteiger partial charge is 0.231 e. The van der Waals surface area contributed by atoms with Gasteiger partial charge in [0.25, 0.3) is 0 Å². The van der Waals surface area contributed by atoms with Gasteiger partial charge < -0.3 is 19.5 Å². The maximum Gasteiger partial charge on any atom is 0.231 e. The molecule has 1 amide bonds. The Hall–Kier alpha value is -3.21. The van der Waals surface area contributed by atoms with Gasteiger partial charge in [0.2, 0.25) is 12.7 Å². The Balaban J connectivity index is 1.44. The number of amides is 1. The maximum absolute atomic E-state index is 12.6. The molecule has 1 aliphatic heterocycles. The van der Waals surface area contributed by atoms with Crippen LogP contribution in [0.3, 0.4) is 0 Å². The Morgan fingerprint density at radius 2 is 1.81 bits per heavy atom. The molecule has 0 radical (unpaired) electrons. The van der Waals surface area contributed by atoms with Crippen LogP contribution in [0, 0.1) is 0 Å². The van der Waals surface area contributed by atoms with Crippen molar-refractivity contribution in [2.24, 2.45) is 0 Å². The van der Waals surface area contributed by atoms with Crippen LogP contribution in [-0.4, -0.2) is 19.8 Å². The first-order valence-electron chi connectivity index (χ1n) is 8.88. The summed E-state index contributed by atoms with van der Waals surface area (Å²) in [4.78, 5) is 12.6. The number of nitrogens with one attached hydrogen (secondary N) is 1. The van der Waals surface area contributed by atoms with E-state index in [0.717, 1.165) is 39.1 Å². The number of benzene rings is 3. The van der Waals surface area contributed by atoms with Crippen molar-refractivity contribution in [1.82, 2.24) is 5.32 Å². The summed E-state index contributed by atoms with van der Waals surface area (Å²) in [6, 6.07) is 17.7. The van der Waals surface area contributed by atoms with Crippen LogP contribution in [0.5, 0.6) is 17.2 Å². The zero-order valence-corrected chi connectivity index (χ0v) is 15.3. The number of rotatable bonds is 5. The van der Waals surface area contributed by atoms with E-state index >= 15 is 0 Å². The van der Waals surface area contributed by atoms with Gasteiger partial charge in [-0.25, -0.2) is 0 Å². The average Bonchev–Trinajstić information content (AvgIpc) is 3.18. The monoisotopic (exact) mass is 363 g/mol. The van der Waals surface area contributed by atoms with Crippen molar-refractivity contribution in [3.8, 4) is 17.2 Å². The summed E-state index contributed by atoms with van der Waals surface area (Å²) in [5.74, 6) is 2.03. The molecule has 4 rings (SSSR count). The highest BCUT2D eigenvalue weighted by Gasteiger charge is 2.17. The zero-order valence-electron chi connectivity index (χ0n) is 15.3. The quantitative estimate of drug-likeness (QED) is 0.744. The number of ether oxygens (including phenoxy) is 3. The van der Waals surface area contributed by atoms with E-state index in [4.69, 9.17) is 14.2 Å². The first-order chi connectivity index (χ1) is 13.1. The highest BCUT2D eigenvalue weighted by molar-refractivity contribution is 5.88. The molecule has 1 aliphatic rings. The summed E-state index contributed by atoms with van der Waals surface area (Å²) in [5.41, 5.74) is 1.96. The Morgan fingerprint density at radius 3 is 2.67 bits per heavy atom. The largest absolute Gasteiger partial charge is 0.497 e. The minimum Gasteiger partial charge on any atom is -0.497 e. The van der Waals surface area contributed by atoms with Crippen LogP contribution >= 0.6 is 0 Å². The lowest BCUT2D eigenvalue weighted by Crippen LogP contribution is -2.27. The van der Waals surface area contributed by atoms with E-state index in [2.05, 4.69) is 11.4 Å². The summed E-state index contributed by atoms with van der Waals surface area (Å²) in [7, 11) is 1.65. The second-order valence-corrected chi connectivity index (χ2v) is 6.60. The van der Waals surface area contributed by atoms with Gasteiger partial charge in [-0.3, -0.25) is 4.79 Å². The molecule has 138 valence electrons. The highest BCUT2D eigenvalue weighted by atomic mass is 16.7. The van der Waals surface area contributed by atoms with Gasteiger partial charge in [0.1, 0.15) is 5.75 Å². The molecule has 27 heavy (non-hydrogen) atoms. The molecule has 1 atom stereocenters. The van der Waals surface area contributed by atoms with Crippen molar-refractivity contribution >= 4 is 16.7 Å². The summed E-state index contributed by atoms with van der Waals surface area (Å²) >= 11 is 0. The molecule has 0 aliphatic carbocycles. The molecule has 5 heteroatoms. The second-order valence-electron chi connectivity index (χ2n) is 6.60. The number of carbonyl (C=O) groups excluding carboxylic acids is 1. The van der Waals surface area contributed by atoms with E-state index in [1.54, 1.807) is 7.11 Å². The van der Waals surface area contributed by atoms with Crippen LogP contribution in [0.2, 0.25) is 0 Å². The minimum atomic E-state index is -0.245. The van der Waals surface area contributed by atoms with E-state index in [1.165, 1.54) is 0 Å². The summed E-state index contributed by atoms with van der Waals surface area (Å²) in [5, 5.41) is 5.18. The SMILES string of the molecule is COc1ccc2cc([C@H](C)C(=O)NCc3ccc4c(c3)OCO4)ccc2c1. The Labute approximate surface area is 157 Å². The lowest BCUT2D eigenvalue weighted by atomic mass is 9.97. The van der Waals surface area contributed by atoms with Crippen LogP contribution in [0.4, 0.5) is 0 Å². The second kappa shape index (κ2) is 7.19. The summed E-state index contributed by atoms with van der Waals surface area (Å²) in [6.07, 6.45) is 0. The van der Waals surface area contributed by atoms with Gasteiger partial charge in [0.05, 0.1) is 13.0 Å². The Kier molecular flexibility index (Phi) is 4.59. The van der Waals surface area contributed by atoms with Gasteiger partial charge in [-0.05, 0) is 53.1 Å². The minimum absolute atomic E-state index is 0.0134. The summed E-state index contributed by atoms with van der Waals surface area (Å²) in [6.45, 7) is 2.61. The zero-order chi connectivity index (χ0) is 18.8. The number of fused-ring (bicyclic) bond motifs is 2. The van der Waals surface area contributed by atoms with Crippen molar-refractivity contribution in [3.05, 3.63) is 65.7 Å². The first kappa shape index (κ1) is 17.2. The van der Waals surface area contributed by atoms with Gasteiger partial charge in [-0.1, -0.05) is 30.3 Å². The molecule has 0 bridgehead atoms. The molecule has 0 unspecified atom stereocenters. The highest BCUT2D eigenvalue weighted by Crippen LogP contribution is 2.32. The van der Waals surface area contributed by atoms with Crippen LogP contribution < -0.4 is 19.5 Å². The maximum atomic E-state index is 12.6. The average molecular weight is 363 g/mol. The number of methoxy groups -OCH3 is 1. The van der Waals surface area contributed by atoms with E-state index < -0.39 is 0 Å². The number of hydrogen-bond donors (Lipinski definition) is 1. The molecule has 0 spiro atoms. The van der Waals surface area contributed by atoms with Crippen molar-refractivity contribution in [1.29, 1.82) is 0 Å². The molecular formula is C22H21NO4. The van der Waals surface area contributed by atoms with E-state index in [0.29, 0.717) is 6.54 Å². The molecule has 5 nitrogen and oxygen atoms in total. The third-order valence-electron chi connectivity index (χ3n) is 4.87. The lowest BCUT2D eigenvalue weighted by molar-refractivity contribution is -0.122. The molecule has 3 aromatic rings. The topological polar surface area (TPSA) is 56.8 Å². The third kappa shape index (κ3) is 3.53. The fourth-order valence-corrected chi connectivity index (χ4v) is 3.18. The van der Waals surface area contributed by atoms with Crippen LogP contribution in [-0.2, 0) is 11.3 Å². The van der Waals surface area contributed by atoms with Crippen molar-refractivity contribution < 1.29 is 19.0 Å². The van der Waals surface area contributed by atoms with Crippen LogP contribution in [0.25, 0.3) is 10.8 Å². The van der Waals surface area contributed by atoms with E-state index in [9.17, 15) is 4.79 Å². The lowest BCUT2D eigenvalue weighted by Gasteiger charge is -2.14. The predicted octanol–water partition coefficient (Wildman–Crippen LogP) is 4.00. The van der Waals surface area contributed by atoms with Gasteiger partial charge in [0.15, 0.2) is 11.5 Å². The first-order valence-corrected chi connectivity index (χ1v) is 8.88. The van der Waals surface area contributed by atoms with Crippen LogP contribution in [0.1, 0.15) is 24.0 Å². The molecule has 0 aromatic heterocycles. The molecule has 1 heterocycles. The molecule has 1 N–H and O–H groups in total. The Morgan fingerprint density at radius 1 is 1.04 bits per heavy atom. The molecular weight excluding hydrogens is 342 g/mol. The van der Waals surface area contributed by atoms with Gasteiger partial charge >= 0.3 is 0 Å². The molecule has 0 saturated heterocycles. The van der Waals surface area contributed by atoms with Crippen molar-refractivity contribution in [2.75, 3.05) is 13.9 Å². The van der Waals surface area contributed by atoms with Gasteiger partial charge in [-0.2, -0.15) is 0 Å². The van der Waals surface area contributed by atoms with Gasteiger partial charge in [0, 0.05) is 6.54 Å². The standard InChI is InChI=1S/C22H21NO4/c1-14(16-4-5-18-11-19(25-2)7-6-17(18)10-16)22(24)23-12-15-3-8-20-21(9-15)27-13-26-20/h3-11,14H,12-13H2,1-2H3,(H,23,24)/t14-/m0/s1. The van der Waals surface area contributed by atoms with E-state index in [1.807, 2.05) is 55.5 Å². The molecule has 0 fully saturated rings. The van der Waals surface area contributed by atoms with Crippen molar-refractivity contribution in [3.63, 3.8) is 0 Å². The third-order valence-corrected chi connectivity index (χ3v) is 4.87. The van der Waals surface area contributed by atoms with Crippen molar-refractivity contribution in [2.45, 2.75) is 19.4 Å². The normalized spacial score (nSPS) is 13.4. The van der Waals surface area contributed by atoms with Gasteiger partial charge in [-0.15, -0.1) is 0 Å². The predicted molar refractivity (Wildman–Crippen MR) is 103 cm³/mol. The number of carbonyl (C=O) groups is 1. The number of hydrogen-bond acceptors (Lipinski definition) is 4. The fourth-order valence-electron chi connectivity index (χ4n) is 3.18. The fraction of sp³-hybridized carbons (Fsp3) is 0.227. The summed E-state index contributed by atoms with van der Waals surface area (Å²) < 4.78 is 15.9. The van der Waals surface area contributed by atoms with E-state index in [-0.39, 0.29) is 18.6 Å².